The first-order valence-corrected chi connectivity index (χ1v) is 6.89. The predicted molar refractivity (Wildman–Crippen MR) is 75.9 cm³/mol. The number of nitrogens with zero attached hydrogens (tertiary/aromatic N) is 1. The molecular weight excluding hydrogens is 274 g/mol. The summed E-state index contributed by atoms with van der Waals surface area (Å²) in [5, 5.41) is 8.95. The Labute approximate surface area is 123 Å². The molecule has 2 rings (SSSR count). The van der Waals surface area contributed by atoms with E-state index in [0.717, 1.165) is 25.9 Å². The van der Waals surface area contributed by atoms with Crippen LogP contribution < -0.4 is 9.47 Å². The zero-order valence-corrected chi connectivity index (χ0v) is 12.2. The monoisotopic (exact) mass is 293 g/mol. The topological polar surface area (TPSA) is 76.1 Å². The van der Waals surface area contributed by atoms with E-state index in [1.807, 2.05) is 0 Å². The third-order valence-electron chi connectivity index (χ3n) is 3.48. The van der Waals surface area contributed by atoms with E-state index in [1.165, 1.54) is 25.3 Å². The molecule has 1 aromatic rings. The summed E-state index contributed by atoms with van der Waals surface area (Å²) in [7, 11) is 1.43. The van der Waals surface area contributed by atoms with Crippen LogP contribution in [0, 0.1) is 0 Å². The van der Waals surface area contributed by atoms with E-state index < -0.39 is 12.1 Å². The van der Waals surface area contributed by atoms with E-state index in [1.54, 1.807) is 11.8 Å². The normalized spacial score (nSPS) is 15.6. The minimum Gasteiger partial charge on any atom is -0.493 e. The Kier molecular flexibility index (Phi) is 4.67. The fourth-order valence-electron chi connectivity index (χ4n) is 2.33. The van der Waals surface area contributed by atoms with Crippen molar-refractivity contribution in [1.82, 2.24) is 4.90 Å². The van der Waals surface area contributed by atoms with Gasteiger partial charge in [-0.25, -0.2) is 4.79 Å². The zero-order valence-electron chi connectivity index (χ0n) is 12.2. The molecule has 0 radical (unpaired) electrons. The first-order valence-electron chi connectivity index (χ1n) is 6.89. The lowest BCUT2D eigenvalue weighted by Crippen LogP contribution is -2.38. The van der Waals surface area contributed by atoms with Gasteiger partial charge >= 0.3 is 5.97 Å². The molecule has 1 aliphatic heterocycles. The van der Waals surface area contributed by atoms with Crippen molar-refractivity contribution in [2.75, 3.05) is 20.2 Å². The van der Waals surface area contributed by atoms with Crippen molar-refractivity contribution in [2.45, 2.75) is 25.9 Å². The maximum absolute atomic E-state index is 12.2. The third-order valence-corrected chi connectivity index (χ3v) is 3.48. The molecule has 0 spiro atoms. The van der Waals surface area contributed by atoms with Crippen molar-refractivity contribution in [2.24, 2.45) is 0 Å². The van der Waals surface area contributed by atoms with E-state index in [2.05, 4.69) is 0 Å². The maximum atomic E-state index is 12.2. The summed E-state index contributed by atoms with van der Waals surface area (Å²) in [6.45, 7) is 3.22. The highest BCUT2D eigenvalue weighted by atomic mass is 16.5. The Bertz CT molecular complexity index is 537. The number of hydrogen-bond donors (Lipinski definition) is 1. The molecule has 1 atom stereocenters. The summed E-state index contributed by atoms with van der Waals surface area (Å²) in [6, 6.07) is 4.31. The first-order chi connectivity index (χ1) is 10.0. The van der Waals surface area contributed by atoms with Crippen LogP contribution in [0.3, 0.4) is 0 Å². The Balaban J connectivity index is 2.10. The second kappa shape index (κ2) is 6.47. The molecule has 1 aromatic carbocycles. The smallest absolute Gasteiger partial charge is 0.335 e. The molecule has 0 bridgehead atoms. The van der Waals surface area contributed by atoms with Crippen molar-refractivity contribution in [3.8, 4) is 11.5 Å². The van der Waals surface area contributed by atoms with Gasteiger partial charge < -0.3 is 19.5 Å². The second-order valence-corrected chi connectivity index (χ2v) is 4.96. The number of amides is 1. The van der Waals surface area contributed by atoms with E-state index in [4.69, 9.17) is 14.6 Å². The summed E-state index contributed by atoms with van der Waals surface area (Å²) in [4.78, 5) is 24.9. The molecule has 0 aromatic heterocycles. The Morgan fingerprint density at radius 1 is 1.24 bits per heavy atom. The fraction of sp³-hybridized carbons (Fsp3) is 0.467. The number of carbonyl (C=O) groups excluding carboxylic acids is 1. The average Bonchev–Trinajstić information content (AvgIpc) is 3.00. The highest BCUT2D eigenvalue weighted by Gasteiger charge is 2.25. The highest BCUT2D eigenvalue weighted by Crippen LogP contribution is 2.29. The molecule has 0 saturated carbocycles. The standard InChI is InChI=1S/C15H19NO5/c1-10(14(17)16-7-3-4-8-16)21-12-6-5-11(15(18)19)9-13(12)20-2/h5-6,9-10H,3-4,7-8H2,1-2H3,(H,18,19). The van der Waals surface area contributed by atoms with Gasteiger partial charge in [0.25, 0.3) is 5.91 Å². The summed E-state index contributed by atoms with van der Waals surface area (Å²) in [6.07, 6.45) is 1.41. The summed E-state index contributed by atoms with van der Waals surface area (Å²) < 4.78 is 10.8. The molecule has 1 unspecified atom stereocenters. The lowest BCUT2D eigenvalue weighted by Gasteiger charge is -2.22. The molecule has 1 fully saturated rings. The summed E-state index contributed by atoms with van der Waals surface area (Å²) in [5.74, 6) is -0.434. The number of rotatable bonds is 5. The van der Waals surface area contributed by atoms with Gasteiger partial charge in [0.2, 0.25) is 0 Å². The minimum atomic E-state index is -1.04. The van der Waals surface area contributed by atoms with E-state index >= 15 is 0 Å². The van der Waals surface area contributed by atoms with Crippen LogP contribution in [0.5, 0.6) is 11.5 Å². The van der Waals surface area contributed by atoms with Gasteiger partial charge in [0.1, 0.15) is 0 Å². The van der Waals surface area contributed by atoms with E-state index in [9.17, 15) is 9.59 Å². The molecule has 21 heavy (non-hydrogen) atoms. The van der Waals surface area contributed by atoms with Gasteiger partial charge in [-0.15, -0.1) is 0 Å². The van der Waals surface area contributed by atoms with Crippen LogP contribution in [0.2, 0.25) is 0 Å². The quantitative estimate of drug-likeness (QED) is 0.895. The molecule has 6 nitrogen and oxygen atoms in total. The van der Waals surface area contributed by atoms with E-state index in [-0.39, 0.29) is 11.5 Å². The molecule has 1 aliphatic rings. The Morgan fingerprint density at radius 2 is 1.90 bits per heavy atom. The van der Waals surface area contributed by atoms with Gasteiger partial charge in [0.15, 0.2) is 17.6 Å². The largest absolute Gasteiger partial charge is 0.493 e. The van der Waals surface area contributed by atoms with Crippen LogP contribution in [0.25, 0.3) is 0 Å². The molecule has 1 saturated heterocycles. The molecule has 1 heterocycles. The van der Waals surface area contributed by atoms with Crippen LogP contribution >= 0.6 is 0 Å². The number of benzene rings is 1. The van der Waals surface area contributed by atoms with Crippen LogP contribution in [0.1, 0.15) is 30.1 Å². The van der Waals surface area contributed by atoms with Gasteiger partial charge in [-0.1, -0.05) is 0 Å². The van der Waals surface area contributed by atoms with Gasteiger partial charge in [-0.2, -0.15) is 0 Å². The number of carboxylic acids is 1. The van der Waals surface area contributed by atoms with Crippen LogP contribution in [-0.4, -0.2) is 48.2 Å². The third kappa shape index (κ3) is 3.45. The lowest BCUT2D eigenvalue weighted by atomic mass is 10.2. The maximum Gasteiger partial charge on any atom is 0.335 e. The van der Waals surface area contributed by atoms with Crippen molar-refractivity contribution < 1.29 is 24.2 Å². The minimum absolute atomic E-state index is 0.0585. The molecule has 6 heteroatoms. The van der Waals surface area contributed by atoms with Gasteiger partial charge in [0, 0.05) is 13.1 Å². The molecule has 114 valence electrons. The molecule has 1 N–H and O–H groups in total. The van der Waals surface area contributed by atoms with Crippen LogP contribution in [-0.2, 0) is 4.79 Å². The number of hydrogen-bond acceptors (Lipinski definition) is 4. The number of carbonyl (C=O) groups is 2. The number of aromatic carboxylic acids is 1. The van der Waals surface area contributed by atoms with Crippen LogP contribution in [0.4, 0.5) is 0 Å². The average molecular weight is 293 g/mol. The van der Waals surface area contributed by atoms with Crippen molar-refractivity contribution in [1.29, 1.82) is 0 Å². The van der Waals surface area contributed by atoms with Gasteiger partial charge in [0.05, 0.1) is 12.7 Å². The van der Waals surface area contributed by atoms with Crippen molar-refractivity contribution >= 4 is 11.9 Å². The number of methoxy groups -OCH3 is 1. The Morgan fingerprint density at radius 3 is 2.48 bits per heavy atom. The highest BCUT2D eigenvalue weighted by molar-refractivity contribution is 5.88. The molecular formula is C15H19NO5. The second-order valence-electron chi connectivity index (χ2n) is 4.96. The van der Waals surface area contributed by atoms with Crippen molar-refractivity contribution in [3.63, 3.8) is 0 Å². The number of ether oxygens (including phenoxy) is 2. The fourth-order valence-corrected chi connectivity index (χ4v) is 2.33. The summed E-state index contributed by atoms with van der Waals surface area (Å²) >= 11 is 0. The lowest BCUT2D eigenvalue weighted by molar-refractivity contribution is -0.136. The van der Waals surface area contributed by atoms with Crippen LogP contribution in [0.15, 0.2) is 18.2 Å². The van der Waals surface area contributed by atoms with Gasteiger partial charge in [-0.3, -0.25) is 4.79 Å². The number of likely N-dealkylation sites (tertiary alicyclic amines) is 1. The summed E-state index contributed by atoms with van der Waals surface area (Å²) in [5.41, 5.74) is 0.109. The predicted octanol–water partition coefficient (Wildman–Crippen LogP) is 1.78. The Hall–Kier alpha value is -2.24. The zero-order chi connectivity index (χ0) is 15.4. The number of carboxylic acid groups (broad SMARTS) is 1. The first kappa shape index (κ1) is 15.2. The SMILES string of the molecule is COc1cc(C(=O)O)ccc1OC(C)C(=O)N1CCCC1. The van der Waals surface area contributed by atoms with Gasteiger partial charge in [-0.05, 0) is 38.0 Å². The molecule has 0 aliphatic carbocycles. The van der Waals surface area contributed by atoms with Crippen molar-refractivity contribution in [3.05, 3.63) is 23.8 Å². The molecule has 1 amide bonds. The van der Waals surface area contributed by atoms with E-state index in [0.29, 0.717) is 11.5 Å².